The molecule has 0 radical (unpaired) electrons. The first-order chi connectivity index (χ1) is 11.4. The average Bonchev–Trinajstić information content (AvgIpc) is 2.56. The van der Waals surface area contributed by atoms with E-state index in [0.29, 0.717) is 24.9 Å². The fraction of sp³-hybridized carbons (Fsp3) is 0.889. The molecule has 1 saturated heterocycles. The number of rotatable bonds is 5. The third kappa shape index (κ3) is 4.85. The van der Waals surface area contributed by atoms with Gasteiger partial charge in [-0.3, -0.25) is 9.69 Å². The van der Waals surface area contributed by atoms with Gasteiger partial charge in [-0.1, -0.05) is 27.2 Å². The molecule has 0 aromatic rings. The van der Waals surface area contributed by atoms with Crippen molar-refractivity contribution >= 4 is 12.0 Å². The first-order valence-corrected chi connectivity index (χ1v) is 9.43. The third-order valence-corrected chi connectivity index (χ3v) is 5.85. The number of hydrogen-bond donors (Lipinski definition) is 2. The Balaban J connectivity index is 1.82. The highest BCUT2D eigenvalue weighted by atomic mass is 16.4. The number of carboxylic acids is 1. The van der Waals surface area contributed by atoms with Gasteiger partial charge in [-0.15, -0.1) is 0 Å². The van der Waals surface area contributed by atoms with Crippen molar-refractivity contribution in [2.45, 2.75) is 65.0 Å². The number of piperidine rings is 1. The van der Waals surface area contributed by atoms with Gasteiger partial charge in [0.2, 0.25) is 0 Å². The summed E-state index contributed by atoms with van der Waals surface area (Å²) in [7, 11) is 0. The molecule has 6 heteroatoms. The first kappa shape index (κ1) is 19.0. The van der Waals surface area contributed by atoms with Crippen LogP contribution in [0.1, 0.15) is 52.9 Å². The fourth-order valence-electron chi connectivity index (χ4n) is 4.31. The van der Waals surface area contributed by atoms with Crippen molar-refractivity contribution < 1.29 is 14.7 Å². The number of nitrogens with one attached hydrogen (secondary N) is 1. The van der Waals surface area contributed by atoms with Crippen LogP contribution in [0.3, 0.4) is 0 Å². The number of likely N-dealkylation sites (tertiary alicyclic amines) is 1. The van der Waals surface area contributed by atoms with Crippen molar-refractivity contribution in [3.05, 3.63) is 0 Å². The van der Waals surface area contributed by atoms with E-state index in [1.807, 2.05) is 16.7 Å². The highest BCUT2D eigenvalue weighted by Gasteiger charge is 2.32. The molecule has 2 rings (SSSR count). The Hall–Kier alpha value is -1.30. The first-order valence-electron chi connectivity index (χ1n) is 9.43. The summed E-state index contributed by atoms with van der Waals surface area (Å²) in [6.07, 6.45) is 5.35. The number of carbonyl (C=O) groups excluding carboxylic acids is 1. The van der Waals surface area contributed by atoms with Gasteiger partial charge in [-0.25, -0.2) is 4.79 Å². The Morgan fingerprint density at radius 2 is 1.71 bits per heavy atom. The zero-order valence-electron chi connectivity index (χ0n) is 15.3. The number of nitrogens with zero attached hydrogens (tertiary/aromatic N) is 2. The van der Waals surface area contributed by atoms with Crippen LogP contribution in [-0.2, 0) is 4.79 Å². The van der Waals surface area contributed by atoms with Crippen molar-refractivity contribution in [2.24, 2.45) is 11.8 Å². The van der Waals surface area contributed by atoms with Gasteiger partial charge >= 0.3 is 12.0 Å². The maximum Gasteiger partial charge on any atom is 0.317 e. The van der Waals surface area contributed by atoms with Crippen molar-refractivity contribution in [1.82, 2.24) is 15.1 Å². The fourth-order valence-corrected chi connectivity index (χ4v) is 4.31. The molecule has 2 N–H and O–H groups in total. The predicted octanol–water partition coefficient (Wildman–Crippen LogP) is 2.39. The summed E-state index contributed by atoms with van der Waals surface area (Å²) in [5.41, 5.74) is 0. The van der Waals surface area contributed by atoms with E-state index in [1.165, 1.54) is 19.3 Å². The molecule has 1 saturated carbocycles. The summed E-state index contributed by atoms with van der Waals surface area (Å²) >= 11 is 0. The minimum absolute atomic E-state index is 0.0559. The van der Waals surface area contributed by atoms with Gasteiger partial charge < -0.3 is 15.3 Å². The third-order valence-electron chi connectivity index (χ3n) is 5.85. The smallest absolute Gasteiger partial charge is 0.317 e. The molecular weight excluding hydrogens is 306 g/mol. The second kappa shape index (κ2) is 8.70. The number of aliphatic carboxylic acids is 1. The minimum atomic E-state index is -0.780. The lowest BCUT2D eigenvalue weighted by Gasteiger charge is -2.40. The van der Waals surface area contributed by atoms with Crippen molar-refractivity contribution in [2.75, 3.05) is 26.2 Å². The number of hydrogen-bond acceptors (Lipinski definition) is 3. The molecule has 1 aliphatic heterocycles. The van der Waals surface area contributed by atoms with E-state index in [2.05, 4.69) is 19.2 Å². The normalized spacial score (nSPS) is 28.8. The monoisotopic (exact) mass is 339 g/mol. The van der Waals surface area contributed by atoms with Crippen LogP contribution in [0.25, 0.3) is 0 Å². The summed E-state index contributed by atoms with van der Waals surface area (Å²) in [5.74, 6) is 0.306. The summed E-state index contributed by atoms with van der Waals surface area (Å²) < 4.78 is 0. The maximum absolute atomic E-state index is 12.6. The van der Waals surface area contributed by atoms with E-state index in [-0.39, 0.29) is 24.7 Å². The number of likely N-dealkylation sites (N-methyl/N-ethyl adjacent to an activating group) is 1. The molecule has 24 heavy (non-hydrogen) atoms. The van der Waals surface area contributed by atoms with E-state index < -0.39 is 5.97 Å². The van der Waals surface area contributed by atoms with E-state index in [9.17, 15) is 9.59 Å². The lowest BCUT2D eigenvalue weighted by molar-refractivity contribution is -0.139. The highest BCUT2D eigenvalue weighted by Crippen LogP contribution is 2.29. The second-order valence-corrected chi connectivity index (χ2v) is 7.54. The van der Waals surface area contributed by atoms with Gasteiger partial charge in [0.25, 0.3) is 0 Å². The maximum atomic E-state index is 12.6. The van der Waals surface area contributed by atoms with Crippen LogP contribution in [0.15, 0.2) is 0 Å². The van der Waals surface area contributed by atoms with Gasteiger partial charge in [0, 0.05) is 25.2 Å². The van der Waals surface area contributed by atoms with E-state index in [0.717, 1.165) is 19.4 Å². The summed E-state index contributed by atoms with van der Waals surface area (Å²) in [6, 6.07) is 0.603. The summed E-state index contributed by atoms with van der Waals surface area (Å²) in [6.45, 7) is 8.71. The van der Waals surface area contributed by atoms with Gasteiger partial charge in [0.05, 0.1) is 6.54 Å². The SMILES string of the molecule is CCN(CC(=O)O)C1CCN(C(=O)NC2C(C)CCCC2C)CC1. The molecule has 0 bridgehead atoms. The van der Waals surface area contributed by atoms with Gasteiger partial charge in [0.1, 0.15) is 0 Å². The van der Waals surface area contributed by atoms with Gasteiger partial charge in [0.15, 0.2) is 0 Å². The Morgan fingerprint density at radius 3 is 2.21 bits per heavy atom. The molecule has 0 spiro atoms. The molecule has 2 aliphatic rings. The standard InChI is InChI=1S/C18H33N3O3/c1-4-20(12-16(22)23)15-8-10-21(11-9-15)18(24)19-17-13(2)6-5-7-14(17)3/h13-15,17H,4-12H2,1-3H3,(H,19,24)(H,22,23). The molecule has 0 aromatic heterocycles. The Morgan fingerprint density at radius 1 is 1.12 bits per heavy atom. The van der Waals surface area contributed by atoms with Crippen LogP contribution >= 0.6 is 0 Å². The van der Waals surface area contributed by atoms with Gasteiger partial charge in [-0.05, 0) is 44.1 Å². The van der Waals surface area contributed by atoms with E-state index in [1.54, 1.807) is 0 Å². The van der Waals surface area contributed by atoms with Crippen LogP contribution in [0.4, 0.5) is 4.79 Å². The second-order valence-electron chi connectivity index (χ2n) is 7.54. The molecular formula is C18H33N3O3. The number of carbonyl (C=O) groups is 2. The van der Waals surface area contributed by atoms with E-state index in [4.69, 9.17) is 5.11 Å². The lowest BCUT2D eigenvalue weighted by atomic mass is 9.79. The highest BCUT2D eigenvalue weighted by molar-refractivity contribution is 5.74. The summed E-state index contributed by atoms with van der Waals surface area (Å²) in [5, 5.41) is 12.3. The lowest BCUT2D eigenvalue weighted by Crippen LogP contribution is -2.54. The van der Waals surface area contributed by atoms with Crippen LogP contribution in [-0.4, -0.2) is 65.2 Å². The van der Waals surface area contributed by atoms with Crippen LogP contribution in [0, 0.1) is 11.8 Å². The van der Waals surface area contributed by atoms with Crippen LogP contribution in [0.5, 0.6) is 0 Å². The molecule has 1 heterocycles. The van der Waals surface area contributed by atoms with E-state index >= 15 is 0 Å². The number of amides is 2. The predicted molar refractivity (Wildman–Crippen MR) is 94.0 cm³/mol. The zero-order valence-corrected chi connectivity index (χ0v) is 15.3. The Bertz CT molecular complexity index is 425. The van der Waals surface area contributed by atoms with Crippen molar-refractivity contribution in [1.29, 1.82) is 0 Å². The quantitative estimate of drug-likeness (QED) is 0.807. The molecule has 138 valence electrons. The molecule has 2 amide bonds. The molecule has 6 nitrogen and oxygen atoms in total. The van der Waals surface area contributed by atoms with Crippen molar-refractivity contribution in [3.8, 4) is 0 Å². The number of urea groups is 1. The average molecular weight is 339 g/mol. The minimum Gasteiger partial charge on any atom is -0.480 e. The molecule has 1 aliphatic carbocycles. The van der Waals surface area contributed by atoms with Crippen molar-refractivity contribution in [3.63, 3.8) is 0 Å². The van der Waals surface area contributed by atoms with Crippen LogP contribution in [0.2, 0.25) is 0 Å². The Kier molecular flexibility index (Phi) is 6.90. The zero-order chi connectivity index (χ0) is 17.7. The van der Waals surface area contributed by atoms with Gasteiger partial charge in [-0.2, -0.15) is 0 Å². The molecule has 0 aromatic carbocycles. The number of carboxylic acid groups (broad SMARTS) is 1. The molecule has 2 unspecified atom stereocenters. The topological polar surface area (TPSA) is 72.9 Å². The largest absolute Gasteiger partial charge is 0.480 e. The Labute approximate surface area is 145 Å². The molecule has 2 atom stereocenters. The summed E-state index contributed by atoms with van der Waals surface area (Å²) in [4.78, 5) is 27.4. The molecule has 2 fully saturated rings. The van der Waals surface area contributed by atoms with Crippen LogP contribution < -0.4 is 5.32 Å².